The maximum Gasteiger partial charge on any atom is 0.360 e. The maximum atomic E-state index is 11.7. The van der Waals surface area contributed by atoms with Gasteiger partial charge in [0.25, 0.3) is 0 Å². The van der Waals surface area contributed by atoms with Crippen molar-refractivity contribution < 1.29 is 13.9 Å². The average Bonchev–Trinajstić information content (AvgIpc) is 2.82. The summed E-state index contributed by atoms with van der Waals surface area (Å²) in [7, 11) is 0. The van der Waals surface area contributed by atoms with Crippen molar-refractivity contribution in [1.82, 2.24) is 4.98 Å². The zero-order valence-corrected chi connectivity index (χ0v) is 10.8. The number of aromatic nitrogens is 1. The molecule has 0 unspecified atom stereocenters. The lowest BCUT2D eigenvalue weighted by atomic mass is 10.1. The molecule has 0 saturated heterocycles. The molecular formula is C13H12ClNO3. The van der Waals surface area contributed by atoms with Crippen LogP contribution in [0, 0.1) is 6.92 Å². The van der Waals surface area contributed by atoms with E-state index in [1.165, 1.54) is 6.39 Å². The normalized spacial score (nSPS) is 10.4. The Bertz CT molecular complexity index is 577. The highest BCUT2D eigenvalue weighted by Crippen LogP contribution is 2.27. The summed E-state index contributed by atoms with van der Waals surface area (Å²) in [6.07, 6.45) is 1.23. The summed E-state index contributed by atoms with van der Waals surface area (Å²) in [5.74, 6) is -0.0953. The van der Waals surface area contributed by atoms with Crippen molar-refractivity contribution in [3.63, 3.8) is 0 Å². The van der Waals surface area contributed by atoms with Crippen LogP contribution in [0.1, 0.15) is 23.0 Å². The van der Waals surface area contributed by atoms with Crippen molar-refractivity contribution in [1.29, 1.82) is 0 Å². The van der Waals surface area contributed by atoms with Crippen LogP contribution >= 0.6 is 11.6 Å². The quantitative estimate of drug-likeness (QED) is 0.797. The summed E-state index contributed by atoms with van der Waals surface area (Å²) in [5.41, 5.74) is 1.83. The molecule has 0 saturated carbocycles. The lowest BCUT2D eigenvalue weighted by Crippen LogP contribution is -2.06. The molecule has 2 aromatic rings. The number of carbonyl (C=O) groups is 1. The number of hydrogen-bond donors (Lipinski definition) is 0. The van der Waals surface area contributed by atoms with Crippen LogP contribution in [0.25, 0.3) is 11.3 Å². The van der Waals surface area contributed by atoms with Crippen LogP contribution in [0.3, 0.4) is 0 Å². The molecule has 0 aliphatic rings. The lowest BCUT2D eigenvalue weighted by Gasteiger charge is -2.03. The SMILES string of the molecule is CCOC(=O)c1ncoc1-c1ccc(Cl)c(C)c1. The summed E-state index contributed by atoms with van der Waals surface area (Å²) in [6, 6.07) is 5.37. The summed E-state index contributed by atoms with van der Waals surface area (Å²) >= 11 is 5.96. The third-order valence-electron chi connectivity index (χ3n) is 2.46. The first-order valence-electron chi connectivity index (χ1n) is 5.50. The molecule has 1 heterocycles. The van der Waals surface area contributed by atoms with Gasteiger partial charge < -0.3 is 9.15 Å². The van der Waals surface area contributed by atoms with Crippen molar-refractivity contribution in [2.45, 2.75) is 13.8 Å². The summed E-state index contributed by atoms with van der Waals surface area (Å²) in [6.45, 7) is 3.92. The first-order valence-corrected chi connectivity index (χ1v) is 5.88. The standard InChI is InChI=1S/C13H12ClNO3/c1-3-17-13(16)11-12(18-7-15-11)9-4-5-10(14)8(2)6-9/h4-7H,3H2,1-2H3. The fourth-order valence-electron chi connectivity index (χ4n) is 1.58. The second kappa shape index (κ2) is 5.23. The zero-order chi connectivity index (χ0) is 13.1. The second-order valence-corrected chi connectivity index (χ2v) is 4.12. The fraction of sp³-hybridized carbons (Fsp3) is 0.231. The highest BCUT2D eigenvalue weighted by molar-refractivity contribution is 6.31. The summed E-state index contributed by atoms with van der Waals surface area (Å²) < 4.78 is 10.2. The van der Waals surface area contributed by atoms with Crippen molar-refractivity contribution in [2.75, 3.05) is 6.61 Å². The van der Waals surface area contributed by atoms with E-state index in [1.54, 1.807) is 19.1 Å². The number of benzene rings is 1. The third kappa shape index (κ3) is 2.38. The Morgan fingerprint density at radius 2 is 2.28 bits per heavy atom. The Morgan fingerprint density at radius 1 is 1.50 bits per heavy atom. The molecular weight excluding hydrogens is 254 g/mol. The topological polar surface area (TPSA) is 52.3 Å². The molecule has 1 aromatic carbocycles. The average molecular weight is 266 g/mol. The number of nitrogens with zero attached hydrogens (tertiary/aromatic N) is 1. The predicted octanol–water partition coefficient (Wildman–Crippen LogP) is 3.48. The maximum absolute atomic E-state index is 11.7. The van der Waals surface area contributed by atoms with Crippen LogP contribution in [-0.2, 0) is 4.74 Å². The van der Waals surface area contributed by atoms with Crippen LogP contribution in [0.4, 0.5) is 0 Å². The van der Waals surface area contributed by atoms with Crippen LogP contribution in [-0.4, -0.2) is 17.6 Å². The van der Waals surface area contributed by atoms with Gasteiger partial charge in [0.1, 0.15) is 0 Å². The van der Waals surface area contributed by atoms with E-state index in [1.807, 2.05) is 13.0 Å². The van der Waals surface area contributed by atoms with E-state index in [2.05, 4.69) is 4.98 Å². The minimum atomic E-state index is -0.492. The van der Waals surface area contributed by atoms with Gasteiger partial charge in [0.05, 0.1) is 6.61 Å². The second-order valence-electron chi connectivity index (χ2n) is 3.71. The van der Waals surface area contributed by atoms with Crippen LogP contribution < -0.4 is 0 Å². The van der Waals surface area contributed by atoms with Gasteiger partial charge in [0.15, 0.2) is 17.8 Å². The van der Waals surface area contributed by atoms with Crippen molar-refractivity contribution in [3.8, 4) is 11.3 Å². The molecule has 1 aromatic heterocycles. The minimum absolute atomic E-state index is 0.179. The molecule has 0 radical (unpaired) electrons. The van der Waals surface area contributed by atoms with Gasteiger partial charge in [-0.25, -0.2) is 9.78 Å². The number of oxazole rings is 1. The Hall–Kier alpha value is -1.81. The van der Waals surface area contributed by atoms with Gasteiger partial charge in [-0.1, -0.05) is 11.6 Å². The lowest BCUT2D eigenvalue weighted by molar-refractivity contribution is 0.0520. The third-order valence-corrected chi connectivity index (χ3v) is 2.88. The van der Waals surface area contributed by atoms with Crippen molar-refractivity contribution >= 4 is 17.6 Å². The number of halogens is 1. The Morgan fingerprint density at radius 3 is 2.94 bits per heavy atom. The molecule has 18 heavy (non-hydrogen) atoms. The van der Waals surface area contributed by atoms with E-state index >= 15 is 0 Å². The smallest absolute Gasteiger partial charge is 0.360 e. The first kappa shape index (κ1) is 12.6. The van der Waals surface area contributed by atoms with E-state index in [4.69, 9.17) is 20.8 Å². The predicted molar refractivity (Wildman–Crippen MR) is 67.6 cm³/mol. The number of esters is 1. The van der Waals surface area contributed by atoms with Gasteiger partial charge in [-0.2, -0.15) is 0 Å². The fourth-order valence-corrected chi connectivity index (χ4v) is 1.70. The number of rotatable bonds is 3. The molecule has 0 atom stereocenters. The number of hydrogen-bond acceptors (Lipinski definition) is 4. The highest BCUT2D eigenvalue weighted by Gasteiger charge is 2.19. The molecule has 0 amide bonds. The minimum Gasteiger partial charge on any atom is -0.461 e. The molecule has 4 nitrogen and oxygen atoms in total. The molecule has 0 bridgehead atoms. The molecule has 0 spiro atoms. The van der Waals surface area contributed by atoms with E-state index in [-0.39, 0.29) is 5.69 Å². The molecule has 0 N–H and O–H groups in total. The summed E-state index contributed by atoms with van der Waals surface area (Å²) in [5, 5.41) is 0.663. The van der Waals surface area contributed by atoms with E-state index < -0.39 is 5.97 Å². The van der Waals surface area contributed by atoms with Crippen LogP contribution in [0.5, 0.6) is 0 Å². The van der Waals surface area contributed by atoms with Gasteiger partial charge in [0, 0.05) is 10.6 Å². The molecule has 0 aliphatic carbocycles. The van der Waals surface area contributed by atoms with Crippen LogP contribution in [0.15, 0.2) is 29.0 Å². The van der Waals surface area contributed by atoms with E-state index in [9.17, 15) is 4.79 Å². The van der Waals surface area contributed by atoms with Gasteiger partial charge in [-0.15, -0.1) is 0 Å². The van der Waals surface area contributed by atoms with Crippen LogP contribution in [0.2, 0.25) is 5.02 Å². The van der Waals surface area contributed by atoms with Gasteiger partial charge in [0.2, 0.25) is 0 Å². The zero-order valence-electron chi connectivity index (χ0n) is 10.1. The van der Waals surface area contributed by atoms with Gasteiger partial charge >= 0.3 is 5.97 Å². The van der Waals surface area contributed by atoms with E-state index in [0.717, 1.165) is 11.1 Å². The van der Waals surface area contributed by atoms with Crippen molar-refractivity contribution in [2.24, 2.45) is 0 Å². The summed E-state index contributed by atoms with van der Waals surface area (Å²) in [4.78, 5) is 15.6. The van der Waals surface area contributed by atoms with Gasteiger partial charge in [-0.3, -0.25) is 0 Å². The Labute approximate surface area is 110 Å². The molecule has 5 heteroatoms. The number of ether oxygens (including phenoxy) is 1. The first-order chi connectivity index (χ1) is 8.63. The van der Waals surface area contributed by atoms with Gasteiger partial charge in [-0.05, 0) is 37.6 Å². The Balaban J connectivity index is 2.42. The number of aryl methyl sites for hydroxylation is 1. The molecule has 2 rings (SSSR count). The van der Waals surface area contributed by atoms with E-state index in [0.29, 0.717) is 17.4 Å². The largest absolute Gasteiger partial charge is 0.461 e. The molecule has 0 aliphatic heterocycles. The molecule has 0 fully saturated rings. The monoisotopic (exact) mass is 265 g/mol. The highest BCUT2D eigenvalue weighted by atomic mass is 35.5. The van der Waals surface area contributed by atoms with Crippen molar-refractivity contribution in [3.05, 3.63) is 40.9 Å². The Kier molecular flexibility index (Phi) is 3.67. The number of carbonyl (C=O) groups excluding carboxylic acids is 1. The molecule has 94 valence electrons.